The molecule has 0 amide bonds. The first kappa shape index (κ1) is 30.3. The van der Waals surface area contributed by atoms with Crippen LogP contribution in [0.25, 0.3) is 0 Å². The maximum atomic E-state index is 15.7. The molecule has 0 spiro atoms. The van der Waals surface area contributed by atoms with E-state index in [4.69, 9.17) is 28.4 Å². The number of hydrogen-bond donors (Lipinski definition) is 0. The molecule has 0 aromatic heterocycles. The summed E-state index contributed by atoms with van der Waals surface area (Å²) in [6, 6.07) is 28.3. The van der Waals surface area contributed by atoms with Crippen molar-refractivity contribution in [1.29, 1.82) is 0 Å². The number of ether oxygens (including phenoxy) is 6. The minimum atomic E-state index is -1.81. The van der Waals surface area contributed by atoms with Crippen molar-refractivity contribution in [2.45, 2.75) is 70.5 Å². The van der Waals surface area contributed by atoms with E-state index in [2.05, 4.69) is 0 Å². The molecule has 0 radical (unpaired) electrons. The van der Waals surface area contributed by atoms with Gasteiger partial charge < -0.3 is 28.4 Å². The molecule has 9 heteroatoms. The Balaban J connectivity index is 1.67. The van der Waals surface area contributed by atoms with Crippen LogP contribution in [0.1, 0.15) is 30.5 Å². The first-order valence-corrected chi connectivity index (χ1v) is 13.5. The molecule has 1 aliphatic rings. The van der Waals surface area contributed by atoms with Crippen molar-refractivity contribution >= 4 is 11.9 Å². The largest absolute Gasteiger partial charge is 0.463 e. The number of halogens is 1. The number of benzene rings is 3. The molecule has 41 heavy (non-hydrogen) atoms. The number of rotatable bonds is 13. The van der Waals surface area contributed by atoms with Gasteiger partial charge in [0.25, 0.3) is 0 Å². The van der Waals surface area contributed by atoms with Crippen molar-refractivity contribution in [2.24, 2.45) is 0 Å². The summed E-state index contributed by atoms with van der Waals surface area (Å²) >= 11 is 0. The first-order chi connectivity index (χ1) is 19.9. The second kappa shape index (κ2) is 15.4. The number of carbonyl (C=O) groups is 2. The van der Waals surface area contributed by atoms with E-state index in [1.165, 1.54) is 13.8 Å². The molecule has 0 aliphatic carbocycles. The lowest BCUT2D eigenvalue weighted by Gasteiger charge is -2.46. The number of esters is 2. The van der Waals surface area contributed by atoms with Crippen LogP contribution in [0.15, 0.2) is 91.0 Å². The Kier molecular flexibility index (Phi) is 11.4. The zero-order valence-electron chi connectivity index (χ0n) is 23.1. The highest BCUT2D eigenvalue weighted by Gasteiger charge is 2.52. The van der Waals surface area contributed by atoms with Crippen LogP contribution in [0.3, 0.4) is 0 Å². The molecule has 8 nitrogen and oxygen atoms in total. The summed E-state index contributed by atoms with van der Waals surface area (Å²) in [7, 11) is 0. The molecule has 0 N–H and O–H groups in total. The number of hydrogen-bond acceptors (Lipinski definition) is 8. The molecule has 218 valence electrons. The van der Waals surface area contributed by atoms with E-state index >= 15 is 4.39 Å². The summed E-state index contributed by atoms with van der Waals surface area (Å²) in [6.07, 6.45) is -7.34. The van der Waals surface area contributed by atoms with Crippen LogP contribution in [0, 0.1) is 0 Å². The van der Waals surface area contributed by atoms with Crippen molar-refractivity contribution in [2.75, 3.05) is 6.61 Å². The smallest absolute Gasteiger partial charge is 0.305 e. The van der Waals surface area contributed by atoms with E-state index in [0.717, 1.165) is 16.7 Å². The van der Waals surface area contributed by atoms with Crippen molar-refractivity contribution < 1.29 is 42.4 Å². The summed E-state index contributed by atoms with van der Waals surface area (Å²) in [4.78, 5) is 23.6. The van der Waals surface area contributed by atoms with Gasteiger partial charge in [0.15, 0.2) is 6.17 Å². The molecule has 6 atom stereocenters. The molecular formula is C32H35FO8. The van der Waals surface area contributed by atoms with Gasteiger partial charge in [0.05, 0.1) is 19.8 Å². The minimum Gasteiger partial charge on any atom is -0.463 e. The van der Waals surface area contributed by atoms with Crippen LogP contribution in [0.4, 0.5) is 4.39 Å². The highest BCUT2D eigenvalue weighted by Crippen LogP contribution is 2.33. The highest BCUT2D eigenvalue weighted by atomic mass is 19.1. The molecule has 2 unspecified atom stereocenters. The molecule has 1 fully saturated rings. The van der Waals surface area contributed by atoms with E-state index in [-0.39, 0.29) is 19.8 Å². The molecular weight excluding hydrogens is 531 g/mol. The second-order valence-electron chi connectivity index (χ2n) is 9.68. The highest BCUT2D eigenvalue weighted by molar-refractivity contribution is 5.66. The van der Waals surface area contributed by atoms with Gasteiger partial charge in [-0.1, -0.05) is 91.0 Å². The third-order valence-corrected chi connectivity index (χ3v) is 6.47. The quantitative estimate of drug-likeness (QED) is 0.269. The standard InChI is InChI=1S/C32H35FO8/c1-22(34)36-21-27(33)28-29(37-18-24-12-6-3-7-13-24)30(38-19-25-14-8-4-9-15-25)31(32(41-28)40-23(2)35)39-20-26-16-10-5-11-17-26/h3-17,27-32H,18-21H2,1-2H3/t27?,28-,29-,30+,31+,32?/m1/s1. The molecule has 3 aromatic rings. The Morgan fingerprint density at radius 3 is 1.56 bits per heavy atom. The molecule has 0 bridgehead atoms. The van der Waals surface area contributed by atoms with Gasteiger partial charge in [0.1, 0.15) is 31.0 Å². The fourth-order valence-electron chi connectivity index (χ4n) is 4.53. The van der Waals surface area contributed by atoms with E-state index < -0.39 is 55.4 Å². The average molecular weight is 567 g/mol. The lowest BCUT2D eigenvalue weighted by Crippen LogP contribution is -2.63. The average Bonchev–Trinajstić information content (AvgIpc) is 2.98. The normalized spacial score (nSPS) is 23.0. The van der Waals surface area contributed by atoms with Gasteiger partial charge in [-0.05, 0) is 16.7 Å². The van der Waals surface area contributed by atoms with Crippen molar-refractivity contribution in [3.63, 3.8) is 0 Å². The van der Waals surface area contributed by atoms with E-state index in [1.54, 1.807) is 0 Å². The third-order valence-electron chi connectivity index (χ3n) is 6.47. The number of carbonyl (C=O) groups excluding carboxylic acids is 2. The van der Waals surface area contributed by atoms with Gasteiger partial charge in [-0.2, -0.15) is 0 Å². The zero-order chi connectivity index (χ0) is 29.0. The van der Waals surface area contributed by atoms with Crippen LogP contribution >= 0.6 is 0 Å². The van der Waals surface area contributed by atoms with Gasteiger partial charge in [0, 0.05) is 13.8 Å². The Morgan fingerprint density at radius 1 is 0.683 bits per heavy atom. The Bertz CT molecular complexity index is 1210. The molecule has 0 saturated carbocycles. The summed E-state index contributed by atoms with van der Waals surface area (Å²) in [5.74, 6) is -1.27. The maximum absolute atomic E-state index is 15.7. The summed E-state index contributed by atoms with van der Waals surface area (Å²) in [6.45, 7) is 2.29. The van der Waals surface area contributed by atoms with Crippen LogP contribution in [-0.2, 0) is 57.8 Å². The van der Waals surface area contributed by atoms with Gasteiger partial charge in [-0.15, -0.1) is 0 Å². The minimum absolute atomic E-state index is 0.125. The van der Waals surface area contributed by atoms with Crippen LogP contribution in [0.5, 0.6) is 0 Å². The summed E-state index contributed by atoms with van der Waals surface area (Å²) < 4.78 is 51.2. The number of alkyl halides is 1. The van der Waals surface area contributed by atoms with Gasteiger partial charge in [-0.25, -0.2) is 4.39 Å². The third kappa shape index (κ3) is 9.19. The van der Waals surface area contributed by atoms with Crippen LogP contribution in [-0.4, -0.2) is 55.4 Å². The Morgan fingerprint density at radius 2 is 1.12 bits per heavy atom. The molecule has 1 aliphatic heterocycles. The van der Waals surface area contributed by atoms with Gasteiger partial charge in [-0.3, -0.25) is 9.59 Å². The zero-order valence-corrected chi connectivity index (χ0v) is 23.1. The van der Waals surface area contributed by atoms with Crippen LogP contribution in [0.2, 0.25) is 0 Å². The van der Waals surface area contributed by atoms with Gasteiger partial charge >= 0.3 is 11.9 Å². The first-order valence-electron chi connectivity index (χ1n) is 13.5. The molecule has 1 saturated heterocycles. The summed E-state index contributed by atoms with van der Waals surface area (Å²) in [5, 5.41) is 0. The predicted octanol–water partition coefficient (Wildman–Crippen LogP) is 4.93. The Hall–Kier alpha value is -3.63. The van der Waals surface area contributed by atoms with Crippen molar-refractivity contribution in [3.05, 3.63) is 108 Å². The SMILES string of the molecule is CC(=O)OCC(F)[C@H]1OC(OC(C)=O)[C@@H](OCc2ccccc2)[C@@H](OCc2ccccc2)[C@@H]1OCc1ccccc1. The second-order valence-corrected chi connectivity index (χ2v) is 9.68. The van der Waals surface area contributed by atoms with Crippen molar-refractivity contribution in [1.82, 2.24) is 0 Å². The molecule has 1 heterocycles. The predicted molar refractivity (Wildman–Crippen MR) is 147 cm³/mol. The topological polar surface area (TPSA) is 89.5 Å². The van der Waals surface area contributed by atoms with Gasteiger partial charge in [0.2, 0.25) is 6.29 Å². The van der Waals surface area contributed by atoms with Crippen LogP contribution < -0.4 is 0 Å². The molecule has 4 rings (SSSR count). The summed E-state index contributed by atoms with van der Waals surface area (Å²) in [5.41, 5.74) is 2.60. The van der Waals surface area contributed by atoms with E-state index in [0.29, 0.717) is 0 Å². The fourth-order valence-corrected chi connectivity index (χ4v) is 4.53. The monoisotopic (exact) mass is 566 g/mol. The van der Waals surface area contributed by atoms with Crippen molar-refractivity contribution in [3.8, 4) is 0 Å². The maximum Gasteiger partial charge on any atom is 0.305 e. The Labute approximate surface area is 239 Å². The van der Waals surface area contributed by atoms with E-state index in [1.807, 2.05) is 91.0 Å². The lowest BCUT2D eigenvalue weighted by molar-refractivity contribution is -0.323. The van der Waals surface area contributed by atoms with E-state index in [9.17, 15) is 9.59 Å². The lowest BCUT2D eigenvalue weighted by atomic mass is 9.95. The molecule has 3 aromatic carbocycles. The fraction of sp³-hybridized carbons (Fsp3) is 0.375.